The smallest absolute Gasteiger partial charge is 0.264 e. The summed E-state index contributed by atoms with van der Waals surface area (Å²) in [4.78, 5) is 30.7. The maximum absolute atomic E-state index is 11.9. The van der Waals surface area contributed by atoms with E-state index in [1.54, 1.807) is 24.3 Å². The maximum Gasteiger partial charge on any atom is 0.264 e. The van der Waals surface area contributed by atoms with Crippen LogP contribution in [-0.2, 0) is 40.1 Å². The van der Waals surface area contributed by atoms with Gasteiger partial charge in [0.15, 0.2) is 0 Å². The maximum atomic E-state index is 11.9. The van der Waals surface area contributed by atoms with E-state index in [0.29, 0.717) is 22.7 Å². The van der Waals surface area contributed by atoms with Gasteiger partial charge in [0.25, 0.3) is 40.1 Å². The highest BCUT2D eigenvalue weighted by atomic mass is 32.2. The molecule has 0 saturated heterocycles. The molecule has 8 aromatic rings. The van der Waals surface area contributed by atoms with Crippen molar-refractivity contribution in [2.75, 3.05) is 41.8 Å². The van der Waals surface area contributed by atoms with E-state index in [1.807, 2.05) is 0 Å². The first kappa shape index (κ1) is 50.4. The van der Waals surface area contributed by atoms with Crippen molar-refractivity contribution in [3.05, 3.63) is 171 Å². The predicted molar refractivity (Wildman–Crippen MR) is 255 cm³/mol. The second-order valence-electron chi connectivity index (χ2n) is 13.0. The summed E-state index contributed by atoms with van der Waals surface area (Å²) in [6, 6.07) is 29.8. The largest absolute Gasteiger partial charge is 0.399 e. The quantitative estimate of drug-likeness (QED) is 0.0812. The lowest BCUT2D eigenvalue weighted by molar-refractivity contribution is 0.599. The molecule has 0 aliphatic rings. The minimum absolute atomic E-state index is 0.0318. The minimum atomic E-state index is -3.66. The Labute approximate surface area is 390 Å². The monoisotopic (exact) mass is 1000 g/mol. The molecular weight excluding hydrogens is 961 g/mol. The third kappa shape index (κ3) is 15.8. The molecule has 0 atom stereocenters. The average Bonchev–Trinajstić information content (AvgIpc) is 3.31. The molecular formula is C40H40N16O8S4. The zero-order valence-electron chi connectivity index (χ0n) is 35.0. The molecule has 4 heterocycles. The first-order chi connectivity index (χ1) is 32.3. The summed E-state index contributed by atoms with van der Waals surface area (Å²) in [5.74, 6) is 0.127. The second-order valence-corrected chi connectivity index (χ2v) is 19.7. The molecule has 12 N–H and O–H groups in total. The van der Waals surface area contributed by atoms with Crippen LogP contribution in [0.4, 0.5) is 46.5 Å². The second kappa shape index (κ2) is 23.0. The van der Waals surface area contributed by atoms with Crippen molar-refractivity contribution in [1.29, 1.82) is 0 Å². The van der Waals surface area contributed by atoms with Gasteiger partial charge in [-0.2, -0.15) is 0 Å². The Morgan fingerprint density at radius 1 is 0.265 bits per heavy atom. The Balaban J connectivity index is 0.000000169. The van der Waals surface area contributed by atoms with E-state index in [0.717, 1.165) is 0 Å². The standard InChI is InChI=1S/4C10H10N4O2S/c4*11-8-2-4-9(5-3-8)17(15,16)14-10-12-6-1-7-13-10/h4*1-7H,11H2,(H,12,13,14). The van der Waals surface area contributed by atoms with Crippen LogP contribution in [0.25, 0.3) is 0 Å². The van der Waals surface area contributed by atoms with Crippen molar-refractivity contribution in [3.8, 4) is 0 Å². The lowest BCUT2D eigenvalue weighted by Gasteiger charge is -2.05. The Bertz CT molecular complexity index is 2840. The molecule has 8 rings (SSSR count). The number of nitrogens with zero attached hydrogens (tertiary/aromatic N) is 8. The minimum Gasteiger partial charge on any atom is -0.399 e. The number of hydrogen-bond acceptors (Lipinski definition) is 20. The van der Waals surface area contributed by atoms with Crippen LogP contribution >= 0.6 is 0 Å². The molecule has 0 fully saturated rings. The van der Waals surface area contributed by atoms with Crippen LogP contribution in [0.3, 0.4) is 0 Å². The fraction of sp³-hybridized carbons (Fsp3) is 0. The van der Waals surface area contributed by atoms with Crippen molar-refractivity contribution in [3.63, 3.8) is 0 Å². The van der Waals surface area contributed by atoms with Crippen molar-refractivity contribution < 1.29 is 33.7 Å². The molecule has 352 valence electrons. The van der Waals surface area contributed by atoms with Gasteiger partial charge in [0.1, 0.15) is 0 Å². The van der Waals surface area contributed by atoms with E-state index < -0.39 is 40.1 Å². The van der Waals surface area contributed by atoms with E-state index in [1.165, 1.54) is 147 Å². The first-order valence-electron chi connectivity index (χ1n) is 18.9. The van der Waals surface area contributed by atoms with Gasteiger partial charge < -0.3 is 22.9 Å². The van der Waals surface area contributed by atoms with Gasteiger partial charge in [-0.15, -0.1) is 0 Å². The predicted octanol–water partition coefficient (Wildman–Crippen LogP) is 3.44. The molecule has 0 saturated carbocycles. The number of anilines is 8. The van der Waals surface area contributed by atoms with Gasteiger partial charge in [0.2, 0.25) is 23.8 Å². The third-order valence-corrected chi connectivity index (χ3v) is 13.3. The normalized spacial score (nSPS) is 11.1. The molecule has 4 aromatic heterocycles. The fourth-order valence-corrected chi connectivity index (χ4v) is 8.54. The Morgan fingerprint density at radius 2 is 0.412 bits per heavy atom. The number of nitrogens with two attached hydrogens (primary N) is 4. The van der Waals surface area contributed by atoms with E-state index in [-0.39, 0.29) is 43.4 Å². The van der Waals surface area contributed by atoms with Crippen LogP contribution in [0.2, 0.25) is 0 Å². The van der Waals surface area contributed by atoms with E-state index >= 15 is 0 Å². The van der Waals surface area contributed by atoms with E-state index in [4.69, 9.17) is 22.9 Å². The van der Waals surface area contributed by atoms with Gasteiger partial charge in [0, 0.05) is 72.3 Å². The zero-order chi connectivity index (χ0) is 49.2. The van der Waals surface area contributed by atoms with Crippen molar-refractivity contribution in [1.82, 2.24) is 39.9 Å². The Kier molecular flexibility index (Phi) is 17.1. The molecule has 0 radical (unpaired) electrons. The zero-order valence-corrected chi connectivity index (χ0v) is 38.2. The lowest BCUT2D eigenvalue weighted by Crippen LogP contribution is -2.14. The molecule has 68 heavy (non-hydrogen) atoms. The Morgan fingerprint density at radius 3 is 0.559 bits per heavy atom. The highest BCUT2D eigenvalue weighted by molar-refractivity contribution is 7.93. The van der Waals surface area contributed by atoms with Crippen molar-refractivity contribution in [2.45, 2.75) is 19.6 Å². The van der Waals surface area contributed by atoms with E-state index in [9.17, 15) is 33.7 Å². The van der Waals surface area contributed by atoms with Gasteiger partial charge in [-0.1, -0.05) is 0 Å². The van der Waals surface area contributed by atoms with Gasteiger partial charge in [-0.25, -0.2) is 92.4 Å². The number of sulfonamides is 4. The molecule has 0 aliphatic carbocycles. The molecule has 28 heteroatoms. The number of aromatic nitrogens is 8. The summed E-state index contributed by atoms with van der Waals surface area (Å²) < 4.78 is 104. The lowest BCUT2D eigenvalue weighted by atomic mass is 10.3. The van der Waals surface area contributed by atoms with Gasteiger partial charge in [-0.05, 0) is 121 Å². The van der Waals surface area contributed by atoms with Gasteiger partial charge in [0.05, 0.1) is 19.6 Å². The molecule has 0 amide bonds. The Hall–Kier alpha value is -8.60. The van der Waals surface area contributed by atoms with Crippen molar-refractivity contribution in [2.24, 2.45) is 0 Å². The van der Waals surface area contributed by atoms with Crippen LogP contribution in [-0.4, -0.2) is 73.5 Å². The summed E-state index contributed by atoms with van der Waals surface area (Å²) in [5, 5.41) is 0. The third-order valence-electron chi connectivity index (χ3n) is 7.93. The first-order valence-corrected chi connectivity index (χ1v) is 24.9. The van der Waals surface area contributed by atoms with E-state index in [2.05, 4.69) is 58.8 Å². The fourth-order valence-electron chi connectivity index (χ4n) is 4.71. The van der Waals surface area contributed by atoms with Gasteiger partial charge >= 0.3 is 0 Å². The molecule has 4 aromatic carbocycles. The van der Waals surface area contributed by atoms with Gasteiger partial charge in [-0.3, -0.25) is 0 Å². The summed E-state index contributed by atoms with van der Waals surface area (Å²) in [7, 11) is -14.6. The molecule has 0 aliphatic heterocycles. The molecule has 0 spiro atoms. The molecule has 0 unspecified atom stereocenters. The number of nitrogen functional groups attached to an aromatic ring is 4. The number of benzene rings is 4. The molecule has 24 nitrogen and oxygen atoms in total. The summed E-state index contributed by atoms with van der Waals surface area (Å²) >= 11 is 0. The highest BCUT2D eigenvalue weighted by Gasteiger charge is 2.18. The summed E-state index contributed by atoms with van der Waals surface area (Å²) in [6.45, 7) is 0. The highest BCUT2D eigenvalue weighted by Crippen LogP contribution is 2.18. The summed E-state index contributed by atoms with van der Waals surface area (Å²) in [5.41, 5.74) is 23.9. The topological polar surface area (TPSA) is 392 Å². The number of nitrogens with one attached hydrogen (secondary N) is 4. The number of rotatable bonds is 12. The van der Waals surface area contributed by atoms with Crippen LogP contribution < -0.4 is 41.8 Å². The van der Waals surface area contributed by atoms with Crippen LogP contribution in [0.15, 0.2) is 190 Å². The van der Waals surface area contributed by atoms with Crippen molar-refractivity contribution >= 4 is 86.6 Å². The summed E-state index contributed by atoms with van der Waals surface area (Å²) in [6.07, 6.45) is 11.6. The van der Waals surface area contributed by atoms with Crippen LogP contribution in [0.5, 0.6) is 0 Å². The SMILES string of the molecule is Nc1ccc(S(=O)(=O)Nc2ncccn2)cc1.Nc1ccc(S(=O)(=O)Nc2ncccn2)cc1.Nc1ccc(S(=O)(=O)Nc2ncccn2)cc1.Nc1ccc(S(=O)(=O)Nc2ncccn2)cc1. The van der Waals surface area contributed by atoms with Crippen LogP contribution in [0.1, 0.15) is 0 Å². The molecule has 0 bridgehead atoms. The van der Waals surface area contributed by atoms with Crippen LogP contribution in [0, 0.1) is 0 Å². The number of hydrogen-bond donors (Lipinski definition) is 8. The average molecular weight is 1000 g/mol.